The molecule has 0 bridgehead atoms. The fourth-order valence-electron chi connectivity index (χ4n) is 3.25. The highest BCUT2D eigenvalue weighted by Gasteiger charge is 2.36. The third-order valence-electron chi connectivity index (χ3n) is 4.53. The molecule has 26 heavy (non-hydrogen) atoms. The summed E-state index contributed by atoms with van der Waals surface area (Å²) in [7, 11) is -4.10. The van der Waals surface area contributed by atoms with Crippen molar-refractivity contribution < 1.29 is 31.5 Å². The van der Waals surface area contributed by atoms with Crippen LogP contribution in [-0.4, -0.2) is 25.7 Å². The highest BCUT2D eigenvalue weighted by atomic mass is 32.2. The summed E-state index contributed by atoms with van der Waals surface area (Å²) in [5.74, 6) is -1.33. The Morgan fingerprint density at radius 3 is 2.19 bits per heavy atom. The molecule has 0 heterocycles. The van der Waals surface area contributed by atoms with E-state index in [0.29, 0.717) is 12.3 Å². The van der Waals surface area contributed by atoms with Crippen molar-refractivity contribution in [2.45, 2.75) is 49.6 Å². The number of aliphatic carboxylic acids is 1. The number of carbonyl (C=O) groups is 1. The number of benzene rings is 1. The minimum absolute atomic E-state index is 0.00692. The Hall–Kier alpha value is -1.83. The van der Waals surface area contributed by atoms with Crippen LogP contribution in [0.25, 0.3) is 5.57 Å². The van der Waals surface area contributed by atoms with Crippen LogP contribution in [0.3, 0.4) is 0 Å². The first kappa shape index (κ1) is 20.5. The predicted molar refractivity (Wildman–Crippen MR) is 91.4 cm³/mol. The van der Waals surface area contributed by atoms with Crippen molar-refractivity contribution >= 4 is 21.4 Å². The van der Waals surface area contributed by atoms with E-state index < -0.39 is 32.4 Å². The van der Waals surface area contributed by atoms with E-state index in [1.165, 1.54) is 6.08 Å². The monoisotopic (exact) mass is 390 g/mol. The zero-order valence-electron chi connectivity index (χ0n) is 14.3. The van der Waals surface area contributed by atoms with Crippen LogP contribution < -0.4 is 0 Å². The van der Waals surface area contributed by atoms with E-state index in [0.717, 1.165) is 50.7 Å². The molecular weight excluding hydrogens is 369 g/mol. The molecule has 8 heteroatoms. The first-order valence-electron chi connectivity index (χ1n) is 8.37. The number of allylic oxidation sites excluding steroid dienone is 1. The van der Waals surface area contributed by atoms with Gasteiger partial charge in [-0.3, -0.25) is 0 Å². The summed E-state index contributed by atoms with van der Waals surface area (Å²) < 4.78 is 63.2. The molecule has 1 aliphatic carbocycles. The second kappa shape index (κ2) is 7.82. The summed E-state index contributed by atoms with van der Waals surface area (Å²) in [6.07, 6.45) is 2.93. The Morgan fingerprint density at radius 2 is 1.73 bits per heavy atom. The Labute approximate surface area is 150 Å². The molecule has 0 spiro atoms. The molecule has 1 saturated carbocycles. The smallest absolute Gasteiger partial charge is 0.417 e. The topological polar surface area (TPSA) is 71.4 Å². The summed E-state index contributed by atoms with van der Waals surface area (Å²) in [6, 6.07) is 2.58. The minimum atomic E-state index is -4.90. The molecule has 1 aromatic carbocycles. The zero-order valence-corrected chi connectivity index (χ0v) is 15.2. The van der Waals surface area contributed by atoms with Crippen LogP contribution in [0, 0.1) is 5.92 Å². The lowest BCUT2D eigenvalue weighted by molar-refractivity contribution is -0.140. The van der Waals surface area contributed by atoms with E-state index in [-0.39, 0.29) is 17.1 Å². The Morgan fingerprint density at radius 1 is 1.15 bits per heavy atom. The highest BCUT2D eigenvalue weighted by Crippen LogP contribution is 2.36. The first-order valence-corrected chi connectivity index (χ1v) is 10.3. The van der Waals surface area contributed by atoms with E-state index in [1.54, 1.807) is 0 Å². The van der Waals surface area contributed by atoms with Gasteiger partial charge in [-0.05, 0) is 36.5 Å². The normalized spacial score (nSPS) is 17.8. The van der Waals surface area contributed by atoms with Crippen LogP contribution in [0.2, 0.25) is 0 Å². The van der Waals surface area contributed by atoms with Gasteiger partial charge < -0.3 is 5.11 Å². The SMILES string of the molecule is CS(=O)(=O)c1ccc(/C(=C\C2CCCCCC2)C(=O)O)cc1C(F)(F)F. The molecule has 0 aliphatic heterocycles. The van der Waals surface area contributed by atoms with E-state index in [1.807, 2.05) is 0 Å². The van der Waals surface area contributed by atoms with Gasteiger partial charge in [0.05, 0.1) is 16.0 Å². The van der Waals surface area contributed by atoms with Crippen molar-refractivity contribution in [1.82, 2.24) is 0 Å². The van der Waals surface area contributed by atoms with Gasteiger partial charge in [-0.25, -0.2) is 13.2 Å². The van der Waals surface area contributed by atoms with Crippen molar-refractivity contribution in [3.05, 3.63) is 35.4 Å². The minimum Gasteiger partial charge on any atom is -0.478 e. The standard InChI is InChI=1S/C18H21F3O4S/c1-26(24,25)16-9-8-13(11-15(16)18(19,20)21)14(17(22)23)10-12-6-4-2-3-5-7-12/h8-12H,2-7H2,1H3,(H,22,23)/b14-10+. The van der Waals surface area contributed by atoms with Crippen LogP contribution >= 0.6 is 0 Å². The fraction of sp³-hybridized carbons (Fsp3) is 0.500. The molecule has 0 amide bonds. The third kappa shape index (κ3) is 5.09. The van der Waals surface area contributed by atoms with E-state index in [9.17, 15) is 31.5 Å². The molecular formula is C18H21F3O4S. The van der Waals surface area contributed by atoms with Gasteiger partial charge in [0, 0.05) is 6.26 Å². The average molecular weight is 390 g/mol. The molecule has 1 N–H and O–H groups in total. The molecule has 0 atom stereocenters. The maximum Gasteiger partial charge on any atom is 0.417 e. The number of carboxylic acid groups (broad SMARTS) is 1. The summed E-state index contributed by atoms with van der Waals surface area (Å²) in [4.78, 5) is 10.8. The van der Waals surface area contributed by atoms with Crippen LogP contribution in [0.15, 0.2) is 29.2 Å². The molecule has 0 saturated heterocycles. The maximum absolute atomic E-state index is 13.3. The summed E-state index contributed by atoms with van der Waals surface area (Å²) in [5.41, 5.74) is -1.70. The highest BCUT2D eigenvalue weighted by molar-refractivity contribution is 7.90. The van der Waals surface area contributed by atoms with Crippen molar-refractivity contribution in [3.63, 3.8) is 0 Å². The van der Waals surface area contributed by atoms with Gasteiger partial charge in [-0.15, -0.1) is 0 Å². The van der Waals surface area contributed by atoms with Gasteiger partial charge in [-0.2, -0.15) is 13.2 Å². The third-order valence-corrected chi connectivity index (χ3v) is 5.68. The lowest BCUT2D eigenvalue weighted by Gasteiger charge is -2.15. The number of sulfone groups is 1. The zero-order chi connectivity index (χ0) is 19.5. The second-order valence-corrected chi connectivity index (χ2v) is 8.60. The molecule has 1 fully saturated rings. The van der Waals surface area contributed by atoms with Gasteiger partial charge in [0.15, 0.2) is 9.84 Å². The average Bonchev–Trinajstić information content (AvgIpc) is 2.78. The van der Waals surface area contributed by atoms with Gasteiger partial charge in [0.1, 0.15) is 0 Å². The summed E-state index contributed by atoms with van der Waals surface area (Å²) >= 11 is 0. The van der Waals surface area contributed by atoms with Gasteiger partial charge >= 0.3 is 12.1 Å². The number of hydrogen-bond acceptors (Lipinski definition) is 3. The number of rotatable bonds is 4. The van der Waals surface area contributed by atoms with Crippen molar-refractivity contribution in [3.8, 4) is 0 Å². The quantitative estimate of drug-likeness (QED) is 0.605. The molecule has 0 radical (unpaired) electrons. The van der Waals surface area contributed by atoms with Gasteiger partial charge in [0.25, 0.3) is 0 Å². The molecule has 0 unspecified atom stereocenters. The van der Waals surface area contributed by atoms with Crippen molar-refractivity contribution in [1.29, 1.82) is 0 Å². The summed E-state index contributed by atoms with van der Waals surface area (Å²) in [5, 5.41) is 9.48. The molecule has 1 aliphatic rings. The lowest BCUT2D eigenvalue weighted by Crippen LogP contribution is -2.14. The predicted octanol–water partition coefficient (Wildman–Crippen LogP) is 4.55. The second-order valence-electron chi connectivity index (χ2n) is 6.62. The van der Waals surface area contributed by atoms with Crippen LogP contribution in [0.1, 0.15) is 49.7 Å². The van der Waals surface area contributed by atoms with Crippen LogP contribution in [0.5, 0.6) is 0 Å². The summed E-state index contributed by atoms with van der Waals surface area (Å²) in [6.45, 7) is 0. The lowest BCUT2D eigenvalue weighted by atomic mass is 9.93. The largest absolute Gasteiger partial charge is 0.478 e. The van der Waals surface area contributed by atoms with Crippen LogP contribution in [0.4, 0.5) is 13.2 Å². The molecule has 144 valence electrons. The number of halogens is 3. The maximum atomic E-state index is 13.3. The van der Waals surface area contributed by atoms with E-state index in [2.05, 4.69) is 0 Å². The molecule has 1 aromatic rings. The molecule has 4 nitrogen and oxygen atoms in total. The van der Waals surface area contributed by atoms with Crippen molar-refractivity contribution in [2.24, 2.45) is 5.92 Å². The van der Waals surface area contributed by atoms with Crippen LogP contribution in [-0.2, 0) is 20.8 Å². The molecule has 2 rings (SSSR count). The van der Waals surface area contributed by atoms with Crippen molar-refractivity contribution in [2.75, 3.05) is 6.26 Å². The number of carboxylic acids is 1. The first-order chi connectivity index (χ1) is 12.0. The molecule has 0 aromatic heterocycles. The van der Waals surface area contributed by atoms with Gasteiger partial charge in [0.2, 0.25) is 0 Å². The fourth-order valence-corrected chi connectivity index (χ4v) is 4.14. The number of hydrogen-bond donors (Lipinski definition) is 1. The Bertz CT molecular complexity index is 802. The van der Waals surface area contributed by atoms with Gasteiger partial charge in [-0.1, -0.05) is 37.8 Å². The Kier molecular flexibility index (Phi) is 6.16. The van der Waals surface area contributed by atoms with E-state index in [4.69, 9.17) is 0 Å². The Balaban J connectivity index is 2.54. The van der Waals surface area contributed by atoms with E-state index >= 15 is 0 Å². The number of alkyl halides is 3.